The van der Waals surface area contributed by atoms with Gasteiger partial charge in [0.15, 0.2) is 11.6 Å². The van der Waals surface area contributed by atoms with Crippen molar-refractivity contribution in [3.8, 4) is 11.5 Å². The van der Waals surface area contributed by atoms with E-state index in [0.717, 1.165) is 5.56 Å². The van der Waals surface area contributed by atoms with Gasteiger partial charge in [0.1, 0.15) is 0 Å². The second-order valence-corrected chi connectivity index (χ2v) is 5.65. The zero-order valence-electron chi connectivity index (χ0n) is 14.0. The van der Waals surface area contributed by atoms with Gasteiger partial charge in [-0.3, -0.25) is 4.79 Å². The molecule has 134 valence electrons. The molecule has 0 spiro atoms. The SMILES string of the molecule is COc1cn(Cc2ccccc2)c(Nc2cccc(OP)c2F)nc1=O. The van der Waals surface area contributed by atoms with Crippen molar-refractivity contribution in [1.82, 2.24) is 9.55 Å². The van der Waals surface area contributed by atoms with Crippen LogP contribution in [-0.4, -0.2) is 16.7 Å². The number of halogens is 1. The summed E-state index contributed by atoms with van der Waals surface area (Å²) in [5.74, 6) is -0.224. The zero-order chi connectivity index (χ0) is 18.5. The van der Waals surface area contributed by atoms with Crippen molar-refractivity contribution in [3.63, 3.8) is 0 Å². The van der Waals surface area contributed by atoms with E-state index in [1.165, 1.54) is 19.2 Å². The predicted molar refractivity (Wildman–Crippen MR) is 101 cm³/mol. The monoisotopic (exact) mass is 373 g/mol. The molecule has 0 bridgehead atoms. The largest absolute Gasteiger partial charge is 0.490 e. The number of hydrogen-bond acceptors (Lipinski definition) is 5. The molecule has 1 atom stereocenters. The van der Waals surface area contributed by atoms with Gasteiger partial charge in [-0.05, 0) is 17.7 Å². The fourth-order valence-corrected chi connectivity index (χ4v) is 2.61. The molecule has 0 saturated heterocycles. The molecule has 0 aliphatic rings. The van der Waals surface area contributed by atoms with Crippen LogP contribution in [0.25, 0.3) is 0 Å². The third-order valence-electron chi connectivity index (χ3n) is 3.72. The van der Waals surface area contributed by atoms with E-state index in [1.807, 2.05) is 39.8 Å². The Labute approximate surface area is 151 Å². The number of benzene rings is 2. The van der Waals surface area contributed by atoms with Crippen LogP contribution in [-0.2, 0) is 6.54 Å². The Morgan fingerprint density at radius 2 is 1.92 bits per heavy atom. The van der Waals surface area contributed by atoms with E-state index in [1.54, 1.807) is 16.8 Å². The summed E-state index contributed by atoms with van der Waals surface area (Å²) in [5.41, 5.74) is 0.590. The minimum atomic E-state index is -0.584. The second kappa shape index (κ2) is 7.97. The highest BCUT2D eigenvalue weighted by molar-refractivity contribution is 7.10. The van der Waals surface area contributed by atoms with Crippen LogP contribution in [0.5, 0.6) is 11.5 Å². The third-order valence-corrected chi connectivity index (χ3v) is 3.97. The van der Waals surface area contributed by atoms with E-state index in [4.69, 9.17) is 9.26 Å². The molecule has 0 aliphatic carbocycles. The smallest absolute Gasteiger partial charge is 0.316 e. The van der Waals surface area contributed by atoms with Crippen LogP contribution in [0.3, 0.4) is 0 Å². The molecule has 26 heavy (non-hydrogen) atoms. The molecule has 0 amide bonds. The molecule has 0 radical (unpaired) electrons. The molecule has 3 rings (SSSR count). The summed E-state index contributed by atoms with van der Waals surface area (Å²) >= 11 is 0. The maximum Gasteiger partial charge on any atom is 0.316 e. The summed E-state index contributed by atoms with van der Waals surface area (Å²) in [5, 5.41) is 2.86. The predicted octanol–water partition coefficient (Wildman–Crippen LogP) is 3.35. The highest BCUT2D eigenvalue weighted by atomic mass is 31.0. The average Bonchev–Trinajstić information content (AvgIpc) is 2.66. The standard InChI is InChI=1S/C18H17FN3O3P/c1-24-15-11-22(10-12-6-3-2-4-7-12)18(21-17(15)23)20-13-8-5-9-14(25-26)16(13)19/h2-9,11H,10,26H2,1H3,(H,20,21,23). The summed E-state index contributed by atoms with van der Waals surface area (Å²) in [6, 6.07) is 14.3. The number of methoxy groups -OCH3 is 1. The van der Waals surface area contributed by atoms with Crippen molar-refractivity contribution in [3.05, 3.63) is 76.5 Å². The number of rotatable bonds is 6. The van der Waals surface area contributed by atoms with E-state index >= 15 is 0 Å². The Bertz CT molecular complexity index is 964. The Balaban J connectivity index is 2.03. The van der Waals surface area contributed by atoms with E-state index in [2.05, 4.69) is 10.3 Å². The van der Waals surface area contributed by atoms with E-state index < -0.39 is 11.4 Å². The van der Waals surface area contributed by atoms with E-state index in [-0.39, 0.29) is 23.1 Å². The minimum Gasteiger partial charge on any atom is -0.490 e. The van der Waals surface area contributed by atoms with Crippen LogP contribution < -0.4 is 20.1 Å². The molecule has 6 nitrogen and oxygen atoms in total. The molecule has 1 aromatic heterocycles. The van der Waals surface area contributed by atoms with Crippen molar-refractivity contribution in [2.75, 3.05) is 12.4 Å². The van der Waals surface area contributed by atoms with Crippen molar-refractivity contribution < 1.29 is 13.7 Å². The first kappa shape index (κ1) is 17.9. The fraction of sp³-hybridized carbons (Fsp3) is 0.111. The number of ether oxygens (including phenoxy) is 1. The maximum absolute atomic E-state index is 14.4. The Morgan fingerprint density at radius 3 is 2.62 bits per heavy atom. The molecule has 3 aromatic rings. The third kappa shape index (κ3) is 3.83. The zero-order valence-corrected chi connectivity index (χ0v) is 15.1. The normalized spacial score (nSPS) is 10.4. The lowest BCUT2D eigenvalue weighted by Crippen LogP contribution is -2.19. The summed E-state index contributed by atoms with van der Waals surface area (Å²) in [6.45, 7) is 0.425. The van der Waals surface area contributed by atoms with E-state index in [9.17, 15) is 9.18 Å². The first-order valence-corrected chi connectivity index (χ1v) is 8.21. The number of nitrogens with one attached hydrogen (secondary N) is 1. The van der Waals surface area contributed by atoms with Gasteiger partial charge in [0.2, 0.25) is 11.7 Å². The van der Waals surface area contributed by atoms with Crippen molar-refractivity contribution in [1.29, 1.82) is 0 Å². The molecule has 2 aromatic carbocycles. The summed E-state index contributed by atoms with van der Waals surface area (Å²) in [7, 11) is 3.40. The lowest BCUT2D eigenvalue weighted by molar-refractivity contribution is 0.402. The first-order chi connectivity index (χ1) is 12.6. The first-order valence-electron chi connectivity index (χ1n) is 7.74. The van der Waals surface area contributed by atoms with Gasteiger partial charge in [0, 0.05) is 0 Å². The van der Waals surface area contributed by atoms with Crippen LogP contribution in [0.2, 0.25) is 0 Å². The van der Waals surface area contributed by atoms with Crippen LogP contribution in [0, 0.1) is 5.82 Å². The van der Waals surface area contributed by atoms with Gasteiger partial charge in [0.25, 0.3) is 0 Å². The summed E-state index contributed by atoms with van der Waals surface area (Å²) < 4.78 is 26.1. The molecular weight excluding hydrogens is 356 g/mol. The Kier molecular flexibility index (Phi) is 5.49. The van der Waals surface area contributed by atoms with Crippen LogP contribution in [0.1, 0.15) is 5.56 Å². The number of nitrogens with zero attached hydrogens (tertiary/aromatic N) is 2. The van der Waals surface area contributed by atoms with Crippen molar-refractivity contribution in [2.45, 2.75) is 6.54 Å². The quantitative estimate of drug-likeness (QED) is 0.672. The number of aromatic nitrogens is 2. The lowest BCUT2D eigenvalue weighted by atomic mass is 10.2. The van der Waals surface area contributed by atoms with Crippen molar-refractivity contribution >= 4 is 21.1 Å². The highest BCUT2D eigenvalue weighted by Crippen LogP contribution is 2.27. The van der Waals surface area contributed by atoms with Gasteiger partial charge in [-0.2, -0.15) is 4.98 Å². The van der Waals surface area contributed by atoms with Crippen LogP contribution >= 0.6 is 9.47 Å². The van der Waals surface area contributed by atoms with Gasteiger partial charge in [-0.1, -0.05) is 36.4 Å². The minimum absolute atomic E-state index is 0.0606. The van der Waals surface area contributed by atoms with Gasteiger partial charge < -0.3 is 19.1 Å². The molecule has 1 heterocycles. The maximum atomic E-state index is 14.4. The molecule has 8 heteroatoms. The van der Waals surface area contributed by atoms with Gasteiger partial charge >= 0.3 is 5.56 Å². The van der Waals surface area contributed by atoms with Crippen LogP contribution in [0.15, 0.2) is 59.5 Å². The topological polar surface area (TPSA) is 65.4 Å². The molecule has 1 unspecified atom stereocenters. The molecule has 1 N–H and O–H groups in total. The second-order valence-electron chi connectivity index (χ2n) is 5.41. The molecule has 0 aliphatic heterocycles. The Morgan fingerprint density at radius 1 is 1.15 bits per heavy atom. The van der Waals surface area contributed by atoms with Gasteiger partial charge in [0.05, 0.1) is 35.0 Å². The fourth-order valence-electron chi connectivity index (χ4n) is 2.43. The molecule has 0 fully saturated rings. The lowest BCUT2D eigenvalue weighted by Gasteiger charge is -2.16. The van der Waals surface area contributed by atoms with Crippen molar-refractivity contribution in [2.24, 2.45) is 0 Å². The average molecular weight is 373 g/mol. The molecule has 0 saturated carbocycles. The number of anilines is 2. The number of hydrogen-bond donors (Lipinski definition) is 1. The van der Waals surface area contributed by atoms with Gasteiger partial charge in [-0.15, -0.1) is 0 Å². The highest BCUT2D eigenvalue weighted by Gasteiger charge is 2.14. The summed E-state index contributed by atoms with van der Waals surface area (Å²) in [6.07, 6.45) is 1.54. The summed E-state index contributed by atoms with van der Waals surface area (Å²) in [4.78, 5) is 16.1. The van der Waals surface area contributed by atoms with Crippen LogP contribution in [0.4, 0.5) is 16.0 Å². The van der Waals surface area contributed by atoms with E-state index in [0.29, 0.717) is 6.54 Å². The Hall–Kier alpha value is -2.92. The molecular formula is C18H17FN3O3P. The van der Waals surface area contributed by atoms with Gasteiger partial charge in [-0.25, -0.2) is 4.39 Å².